The molecule has 2 unspecified atom stereocenters. The Morgan fingerprint density at radius 1 is 1.24 bits per heavy atom. The van der Waals surface area contributed by atoms with Crippen LogP contribution in [0.2, 0.25) is 0 Å². The number of hydrogen-bond donors (Lipinski definition) is 0. The minimum Gasteiger partial charge on any atom is -0.339 e. The van der Waals surface area contributed by atoms with Crippen LogP contribution in [-0.2, 0) is 4.79 Å². The number of carbonyl (C=O) groups is 1. The van der Waals surface area contributed by atoms with E-state index in [1.54, 1.807) is 0 Å². The molecule has 0 bridgehead atoms. The van der Waals surface area contributed by atoms with Crippen molar-refractivity contribution < 1.29 is 18.0 Å². The van der Waals surface area contributed by atoms with Gasteiger partial charge < -0.3 is 4.90 Å². The van der Waals surface area contributed by atoms with Crippen LogP contribution in [0.4, 0.5) is 13.2 Å². The van der Waals surface area contributed by atoms with Gasteiger partial charge in [-0.2, -0.15) is 13.2 Å². The molecule has 21 heavy (non-hydrogen) atoms. The molecule has 1 aliphatic heterocycles. The third-order valence-corrected chi connectivity index (χ3v) is 5.14. The monoisotopic (exact) mass is 305 g/mol. The topological polar surface area (TPSA) is 20.3 Å². The second kappa shape index (κ2) is 6.41. The molecule has 122 valence electrons. The Hall–Kier alpha value is -1.00. The van der Waals surface area contributed by atoms with Gasteiger partial charge in [-0.05, 0) is 29.6 Å². The Bertz CT molecular complexity index is 399. The van der Waals surface area contributed by atoms with E-state index in [9.17, 15) is 18.0 Å². The van der Waals surface area contributed by atoms with Gasteiger partial charge in [0.05, 0.1) is 0 Å². The third-order valence-electron chi connectivity index (χ3n) is 5.14. The van der Waals surface area contributed by atoms with E-state index in [2.05, 4.69) is 34.6 Å². The number of hydrogen-bond acceptors (Lipinski definition) is 1. The third kappa shape index (κ3) is 4.75. The molecular weight excluding hydrogens is 279 g/mol. The maximum absolute atomic E-state index is 12.1. The number of rotatable bonds is 4. The van der Waals surface area contributed by atoms with E-state index in [4.69, 9.17) is 0 Å². The van der Waals surface area contributed by atoms with Crippen LogP contribution in [0.3, 0.4) is 0 Å². The molecule has 1 fully saturated rings. The highest BCUT2D eigenvalue weighted by atomic mass is 19.4. The number of nitrogens with zero attached hydrogens (tertiary/aromatic N) is 1. The SMILES string of the molecule is CC(C)C(C)C(C)(C)C1CCN(C(=O)/C=C/C(F)(F)F)C1. The molecule has 0 spiro atoms. The molecule has 1 saturated heterocycles. The molecule has 0 radical (unpaired) electrons. The fourth-order valence-corrected chi connectivity index (χ4v) is 3.07. The van der Waals surface area contributed by atoms with Crippen LogP contribution in [0.15, 0.2) is 12.2 Å². The zero-order valence-corrected chi connectivity index (χ0v) is 13.5. The maximum atomic E-state index is 12.1. The zero-order valence-electron chi connectivity index (χ0n) is 13.5. The second-order valence-corrected chi connectivity index (χ2v) is 7.00. The van der Waals surface area contributed by atoms with Gasteiger partial charge in [0.25, 0.3) is 0 Å². The molecule has 2 nitrogen and oxygen atoms in total. The Balaban J connectivity index is 2.68. The van der Waals surface area contributed by atoms with Crippen LogP contribution >= 0.6 is 0 Å². The van der Waals surface area contributed by atoms with Crippen LogP contribution < -0.4 is 0 Å². The summed E-state index contributed by atoms with van der Waals surface area (Å²) in [5.41, 5.74) is 0.0664. The standard InChI is InChI=1S/C16H26F3NO/c1-11(2)12(3)15(4,5)13-7-9-20(10-13)14(21)6-8-16(17,18)19/h6,8,11-13H,7,9-10H2,1-5H3/b8-6+. The molecule has 0 aromatic carbocycles. The maximum Gasteiger partial charge on any atom is 0.409 e. The second-order valence-electron chi connectivity index (χ2n) is 7.00. The molecule has 0 aliphatic carbocycles. The lowest BCUT2D eigenvalue weighted by Gasteiger charge is -2.39. The van der Waals surface area contributed by atoms with Crippen molar-refractivity contribution in [1.82, 2.24) is 4.90 Å². The average molecular weight is 305 g/mol. The van der Waals surface area contributed by atoms with Gasteiger partial charge in [-0.1, -0.05) is 34.6 Å². The Morgan fingerprint density at radius 3 is 2.29 bits per heavy atom. The summed E-state index contributed by atoms with van der Waals surface area (Å²) in [6.45, 7) is 12.0. The summed E-state index contributed by atoms with van der Waals surface area (Å²) in [7, 11) is 0. The van der Waals surface area contributed by atoms with Gasteiger partial charge in [0.15, 0.2) is 0 Å². The summed E-state index contributed by atoms with van der Waals surface area (Å²) in [4.78, 5) is 13.3. The van der Waals surface area contributed by atoms with Crippen molar-refractivity contribution in [3.8, 4) is 0 Å². The van der Waals surface area contributed by atoms with Gasteiger partial charge in [-0.3, -0.25) is 4.79 Å². The highest BCUT2D eigenvalue weighted by molar-refractivity contribution is 5.87. The van der Waals surface area contributed by atoms with Gasteiger partial charge >= 0.3 is 6.18 Å². The molecule has 0 aromatic heterocycles. The van der Waals surface area contributed by atoms with Gasteiger partial charge in [0, 0.05) is 25.2 Å². The number of halogens is 3. The van der Waals surface area contributed by atoms with E-state index < -0.39 is 12.1 Å². The summed E-state index contributed by atoms with van der Waals surface area (Å²) in [5, 5.41) is 0. The minimum atomic E-state index is -4.43. The highest BCUT2D eigenvalue weighted by Crippen LogP contribution is 2.43. The van der Waals surface area contributed by atoms with E-state index in [-0.39, 0.29) is 11.5 Å². The Labute approximate surface area is 125 Å². The first-order valence-electron chi connectivity index (χ1n) is 7.50. The first-order valence-corrected chi connectivity index (χ1v) is 7.50. The predicted octanol–water partition coefficient (Wildman–Crippen LogP) is 4.27. The summed E-state index contributed by atoms with van der Waals surface area (Å²) >= 11 is 0. The van der Waals surface area contributed by atoms with Crippen molar-refractivity contribution in [2.75, 3.05) is 13.1 Å². The first-order chi connectivity index (χ1) is 9.45. The van der Waals surface area contributed by atoms with Crippen LogP contribution in [-0.4, -0.2) is 30.1 Å². The lowest BCUT2D eigenvalue weighted by molar-refractivity contribution is -0.126. The van der Waals surface area contributed by atoms with E-state index in [0.29, 0.717) is 36.9 Å². The quantitative estimate of drug-likeness (QED) is 0.710. The molecule has 1 heterocycles. The molecular formula is C16H26F3NO. The molecule has 0 aromatic rings. The van der Waals surface area contributed by atoms with E-state index >= 15 is 0 Å². The van der Waals surface area contributed by atoms with Crippen LogP contribution in [0.1, 0.15) is 41.0 Å². The van der Waals surface area contributed by atoms with Crippen molar-refractivity contribution in [1.29, 1.82) is 0 Å². The number of carbonyl (C=O) groups excluding carboxylic acids is 1. The molecule has 1 aliphatic rings. The van der Waals surface area contributed by atoms with Crippen molar-refractivity contribution in [2.45, 2.75) is 47.2 Å². The zero-order chi connectivity index (χ0) is 16.4. The number of likely N-dealkylation sites (tertiary alicyclic amines) is 1. The molecule has 0 N–H and O–H groups in total. The number of allylic oxidation sites excluding steroid dienone is 1. The lowest BCUT2D eigenvalue weighted by atomic mass is 9.66. The lowest BCUT2D eigenvalue weighted by Crippen LogP contribution is -2.36. The predicted molar refractivity (Wildman–Crippen MR) is 77.7 cm³/mol. The first kappa shape index (κ1) is 18.1. The van der Waals surface area contributed by atoms with Crippen molar-refractivity contribution >= 4 is 5.91 Å². The summed E-state index contributed by atoms with van der Waals surface area (Å²) in [6, 6.07) is 0. The van der Waals surface area contributed by atoms with Crippen LogP contribution in [0, 0.1) is 23.2 Å². The minimum absolute atomic E-state index is 0.0184. The largest absolute Gasteiger partial charge is 0.409 e. The van der Waals surface area contributed by atoms with Gasteiger partial charge in [-0.15, -0.1) is 0 Å². The summed E-state index contributed by atoms with van der Waals surface area (Å²) in [6.07, 6.45) is -2.92. The van der Waals surface area contributed by atoms with Gasteiger partial charge in [0.1, 0.15) is 0 Å². The summed E-state index contributed by atoms with van der Waals surface area (Å²) in [5.74, 6) is 0.819. The molecule has 2 atom stereocenters. The molecule has 5 heteroatoms. The van der Waals surface area contributed by atoms with Crippen molar-refractivity contribution in [3.05, 3.63) is 12.2 Å². The molecule has 0 saturated carbocycles. The van der Waals surface area contributed by atoms with Crippen molar-refractivity contribution in [3.63, 3.8) is 0 Å². The molecule has 1 amide bonds. The van der Waals surface area contributed by atoms with Crippen LogP contribution in [0.25, 0.3) is 0 Å². The smallest absolute Gasteiger partial charge is 0.339 e. The Kier molecular flexibility index (Phi) is 5.51. The highest BCUT2D eigenvalue weighted by Gasteiger charge is 2.40. The Morgan fingerprint density at radius 2 is 1.81 bits per heavy atom. The molecule has 1 rings (SSSR count). The fourth-order valence-electron chi connectivity index (χ4n) is 3.07. The van der Waals surface area contributed by atoms with E-state index in [1.165, 1.54) is 4.90 Å². The number of alkyl halides is 3. The van der Waals surface area contributed by atoms with Crippen LogP contribution in [0.5, 0.6) is 0 Å². The van der Waals surface area contributed by atoms with E-state index in [0.717, 1.165) is 6.42 Å². The normalized spacial score (nSPS) is 22.3. The average Bonchev–Trinajstić information content (AvgIpc) is 2.84. The number of amides is 1. The van der Waals surface area contributed by atoms with E-state index in [1.807, 2.05) is 0 Å². The van der Waals surface area contributed by atoms with Crippen molar-refractivity contribution in [2.24, 2.45) is 23.2 Å². The van der Waals surface area contributed by atoms with Gasteiger partial charge in [-0.25, -0.2) is 0 Å². The fraction of sp³-hybridized carbons (Fsp3) is 0.812. The van der Waals surface area contributed by atoms with Gasteiger partial charge in [0.2, 0.25) is 5.91 Å². The summed E-state index contributed by atoms with van der Waals surface area (Å²) < 4.78 is 36.3.